The van der Waals surface area contributed by atoms with Gasteiger partial charge in [0.15, 0.2) is 0 Å². The van der Waals surface area contributed by atoms with E-state index in [0.717, 1.165) is 0 Å². The summed E-state index contributed by atoms with van der Waals surface area (Å²) in [5.41, 5.74) is 0. The van der Waals surface area contributed by atoms with Crippen LogP contribution in [-0.2, 0) is -0.154 Å². The second kappa shape index (κ2) is 5.21. The molecule has 0 amide bonds. The standard InChI is InChI=1S/4HI.Mn.H2O/h4*1H;;1H2/q;;;;+4;/p-4. The van der Waals surface area contributed by atoms with Gasteiger partial charge in [-0.15, -0.1) is 0 Å². The van der Waals surface area contributed by atoms with Crippen LogP contribution in [0.5, 0.6) is 0 Å². The van der Waals surface area contributed by atoms with E-state index in [2.05, 4.69) is 81.4 Å². The summed E-state index contributed by atoms with van der Waals surface area (Å²) < 4.78 is -0.745. The van der Waals surface area contributed by atoms with Gasteiger partial charge in [0.1, 0.15) is 0 Å². The molecule has 0 aromatic rings. The van der Waals surface area contributed by atoms with Crippen molar-refractivity contribution in [2.75, 3.05) is 0 Å². The first kappa shape index (κ1) is 12.1. The predicted octanol–water partition coefficient (Wildman–Crippen LogP) is 2.72. The maximum absolute atomic E-state index is 2.48. The zero-order valence-electron chi connectivity index (χ0n) is 2.39. The molecular formula is H2I4MnO. The van der Waals surface area contributed by atoms with Crippen LogP contribution in [0.4, 0.5) is 0 Å². The molecule has 6 heavy (non-hydrogen) atoms. The van der Waals surface area contributed by atoms with Crippen LogP contribution in [0.15, 0.2) is 0 Å². The van der Waals surface area contributed by atoms with Crippen LogP contribution in [0.2, 0.25) is 0 Å². The van der Waals surface area contributed by atoms with Gasteiger partial charge in [0.25, 0.3) is 0 Å². The molecule has 2 N–H and O–H groups in total. The summed E-state index contributed by atoms with van der Waals surface area (Å²) >= 11 is 9.91. The fourth-order valence-electron chi connectivity index (χ4n) is 0. The summed E-state index contributed by atoms with van der Waals surface area (Å²) in [7, 11) is 0. The second-order valence-corrected chi connectivity index (χ2v) is 60.1. The average molecular weight is 581 g/mol. The first-order chi connectivity index (χ1) is 2.00. The molecule has 0 rings (SSSR count). The van der Waals surface area contributed by atoms with Crippen molar-refractivity contribution in [2.24, 2.45) is 0 Å². The number of hydrogen-bond donors (Lipinski definition) is 0. The van der Waals surface area contributed by atoms with Crippen LogP contribution in [-0.4, -0.2) is 5.48 Å². The molecular weight excluding hydrogens is 579 g/mol. The van der Waals surface area contributed by atoms with Crippen molar-refractivity contribution < 1.29 is 5.32 Å². The van der Waals surface area contributed by atoms with E-state index < -0.39 is -0.154 Å². The molecule has 0 aromatic heterocycles. The molecule has 0 saturated heterocycles. The molecule has 0 unspecified atom stereocenters. The molecule has 0 aliphatic carbocycles. The van der Waals surface area contributed by atoms with Gasteiger partial charge in [-0.3, -0.25) is 0 Å². The Morgan fingerprint density at radius 3 is 0.833 bits per heavy atom. The SMILES string of the molecule is O.[I][Mn]([I])([I])[I]. The monoisotopic (exact) mass is 581 g/mol. The molecule has 0 saturated carbocycles. The topological polar surface area (TPSA) is 31.5 Å². The van der Waals surface area contributed by atoms with E-state index in [9.17, 15) is 0 Å². The Bertz CT molecular complexity index is 23.0. The van der Waals surface area contributed by atoms with E-state index in [-0.39, 0.29) is 5.48 Å². The third-order valence-corrected chi connectivity index (χ3v) is 0. The number of halogens is 4. The van der Waals surface area contributed by atoms with Gasteiger partial charge in [-0.05, 0) is 0 Å². The van der Waals surface area contributed by atoms with Crippen molar-refractivity contribution >= 4 is 81.4 Å². The molecule has 0 bridgehead atoms. The van der Waals surface area contributed by atoms with E-state index in [0.29, 0.717) is 0 Å². The van der Waals surface area contributed by atoms with Gasteiger partial charge in [0.2, 0.25) is 0 Å². The summed E-state index contributed by atoms with van der Waals surface area (Å²) in [4.78, 5) is 0. The fourth-order valence-corrected chi connectivity index (χ4v) is 0. The molecule has 0 fully saturated rings. The number of hydrogen-bond acceptors (Lipinski definition) is 0. The van der Waals surface area contributed by atoms with Gasteiger partial charge in [0, 0.05) is 0 Å². The summed E-state index contributed by atoms with van der Waals surface area (Å²) in [6.07, 6.45) is 0. The summed E-state index contributed by atoms with van der Waals surface area (Å²) in [5.74, 6) is 0. The molecule has 0 aliphatic heterocycles. The summed E-state index contributed by atoms with van der Waals surface area (Å²) in [6.45, 7) is 0. The van der Waals surface area contributed by atoms with Crippen molar-refractivity contribution in [1.82, 2.24) is 0 Å². The molecule has 0 atom stereocenters. The first-order valence-electron chi connectivity index (χ1n) is 0.571. The minimum atomic E-state index is -0.745. The molecule has 0 heterocycles. The van der Waals surface area contributed by atoms with Crippen molar-refractivity contribution in [3.05, 3.63) is 0 Å². The van der Waals surface area contributed by atoms with E-state index >= 15 is 0 Å². The van der Waals surface area contributed by atoms with Crippen molar-refractivity contribution in [1.29, 1.82) is 0 Å². The average Bonchev–Trinajstić information content (AvgIpc) is 0.722. The van der Waals surface area contributed by atoms with Crippen LogP contribution in [0.1, 0.15) is 0 Å². The maximum atomic E-state index is 2.48. The van der Waals surface area contributed by atoms with E-state index in [4.69, 9.17) is 0 Å². The minimum absolute atomic E-state index is 0. The van der Waals surface area contributed by atoms with Crippen LogP contribution >= 0.6 is 81.4 Å². The van der Waals surface area contributed by atoms with Crippen LogP contribution in [0.25, 0.3) is 0 Å². The first-order valence-corrected chi connectivity index (χ1v) is 15.8. The molecule has 0 spiro atoms. The van der Waals surface area contributed by atoms with Gasteiger partial charge in [0.05, 0.1) is 0 Å². The van der Waals surface area contributed by atoms with E-state index in [1.807, 2.05) is 0 Å². The van der Waals surface area contributed by atoms with Crippen LogP contribution < -0.4 is 0 Å². The van der Waals surface area contributed by atoms with Crippen LogP contribution in [0, 0.1) is 0 Å². The van der Waals surface area contributed by atoms with Crippen molar-refractivity contribution in [3.63, 3.8) is 0 Å². The van der Waals surface area contributed by atoms with Gasteiger partial charge in [-0.1, -0.05) is 0 Å². The Kier molecular flexibility index (Phi) is 10.5. The molecule has 0 radical (unpaired) electrons. The third-order valence-electron chi connectivity index (χ3n) is 0. The van der Waals surface area contributed by atoms with Gasteiger partial charge in [-0.2, -0.15) is 0 Å². The van der Waals surface area contributed by atoms with E-state index in [1.54, 1.807) is 0 Å². The molecule has 1 nitrogen and oxygen atoms in total. The summed E-state index contributed by atoms with van der Waals surface area (Å²) in [6, 6.07) is 0. The third kappa shape index (κ3) is 26.2. The van der Waals surface area contributed by atoms with Crippen molar-refractivity contribution in [2.45, 2.75) is 0 Å². The number of rotatable bonds is 0. The Morgan fingerprint density at radius 2 is 0.833 bits per heavy atom. The Morgan fingerprint density at radius 1 is 0.833 bits per heavy atom. The normalized spacial score (nSPS) is 12.7. The van der Waals surface area contributed by atoms with Crippen LogP contribution in [0.3, 0.4) is 0 Å². The van der Waals surface area contributed by atoms with Gasteiger partial charge >= 0.3 is 81.2 Å². The zero-order chi connectivity index (χ0) is 4.50. The molecule has 0 aromatic carbocycles. The van der Waals surface area contributed by atoms with Crippen molar-refractivity contribution in [3.8, 4) is 0 Å². The fraction of sp³-hybridized carbons (Fsp3) is 0. The van der Waals surface area contributed by atoms with Gasteiger partial charge < -0.3 is 5.48 Å². The Labute approximate surface area is 84.3 Å². The Balaban J connectivity index is 0. The van der Waals surface area contributed by atoms with E-state index in [1.165, 1.54) is 0 Å². The Hall–Kier alpha value is 3.40. The zero-order valence-corrected chi connectivity index (χ0v) is 12.2. The van der Waals surface area contributed by atoms with Gasteiger partial charge in [-0.25, -0.2) is 0 Å². The summed E-state index contributed by atoms with van der Waals surface area (Å²) in [5, 5.41) is 0. The molecule has 6 heteroatoms. The molecule has 0 aliphatic rings. The molecule has 43 valence electrons. The second-order valence-electron chi connectivity index (χ2n) is 0.324. The quantitative estimate of drug-likeness (QED) is 0.312. The predicted molar refractivity (Wildman–Crippen MR) is 59.7 cm³/mol.